The van der Waals surface area contributed by atoms with Gasteiger partial charge in [0.2, 0.25) is 5.88 Å². The van der Waals surface area contributed by atoms with Crippen molar-refractivity contribution in [1.29, 1.82) is 0 Å². The Balaban J connectivity index is 2.35. The van der Waals surface area contributed by atoms with Crippen LogP contribution in [0.5, 0.6) is 11.6 Å². The molecule has 0 radical (unpaired) electrons. The molecule has 0 saturated heterocycles. The first-order valence-corrected chi connectivity index (χ1v) is 5.29. The summed E-state index contributed by atoms with van der Waals surface area (Å²) < 4.78 is 18.3. The topological polar surface area (TPSA) is 48.1 Å². The lowest BCUT2D eigenvalue weighted by Crippen LogP contribution is -1.97. The van der Waals surface area contributed by atoms with Crippen LogP contribution in [-0.4, -0.2) is 4.98 Å². The first-order chi connectivity index (χ1) is 8.08. The first kappa shape index (κ1) is 11.7. The molecule has 0 fully saturated rings. The Morgan fingerprint density at radius 3 is 2.82 bits per heavy atom. The number of ether oxygens (including phenoxy) is 1. The van der Waals surface area contributed by atoms with E-state index >= 15 is 0 Å². The quantitative estimate of drug-likeness (QED) is 0.889. The summed E-state index contributed by atoms with van der Waals surface area (Å²) in [6.07, 6.45) is 1.58. The van der Waals surface area contributed by atoms with Crippen LogP contribution in [0.4, 0.5) is 10.1 Å². The van der Waals surface area contributed by atoms with Gasteiger partial charge in [0, 0.05) is 6.20 Å². The number of pyridine rings is 1. The number of halogens is 2. The fourth-order valence-corrected chi connectivity index (χ4v) is 1.49. The Morgan fingerprint density at radius 1 is 1.35 bits per heavy atom. The van der Waals surface area contributed by atoms with Crippen LogP contribution in [0.1, 0.15) is 5.56 Å². The summed E-state index contributed by atoms with van der Waals surface area (Å²) in [6.45, 7) is 1.84. The first-order valence-electron chi connectivity index (χ1n) is 4.92. The third-order valence-corrected chi connectivity index (χ3v) is 2.57. The molecule has 1 aromatic carbocycles. The molecule has 0 saturated carbocycles. The number of hydrogen-bond donors (Lipinski definition) is 1. The van der Waals surface area contributed by atoms with Crippen molar-refractivity contribution in [3.05, 3.63) is 46.9 Å². The highest BCUT2D eigenvalue weighted by molar-refractivity contribution is 6.32. The van der Waals surface area contributed by atoms with Gasteiger partial charge in [0.15, 0.2) is 0 Å². The molecule has 3 nitrogen and oxygen atoms in total. The summed E-state index contributed by atoms with van der Waals surface area (Å²) in [5.74, 6) is 0.156. The highest BCUT2D eigenvalue weighted by Gasteiger charge is 2.09. The maximum atomic E-state index is 12.8. The molecule has 0 aliphatic heterocycles. The van der Waals surface area contributed by atoms with Crippen LogP contribution in [0.25, 0.3) is 0 Å². The molecule has 1 heterocycles. The smallest absolute Gasteiger partial charge is 0.242 e. The standard InChI is InChI=1S/C12H10ClFN2O/c1-7-4-5-16-12(11(7)15)17-10-3-2-8(14)6-9(10)13/h2-6H,15H2,1H3. The monoisotopic (exact) mass is 252 g/mol. The van der Waals surface area contributed by atoms with E-state index in [4.69, 9.17) is 22.1 Å². The Bertz CT molecular complexity index is 560. The fourth-order valence-electron chi connectivity index (χ4n) is 1.29. The molecule has 1 aromatic heterocycles. The predicted octanol–water partition coefficient (Wildman–Crippen LogP) is 3.56. The lowest BCUT2D eigenvalue weighted by atomic mass is 10.2. The fraction of sp³-hybridized carbons (Fsp3) is 0.0833. The van der Waals surface area contributed by atoms with Gasteiger partial charge in [0.1, 0.15) is 11.6 Å². The number of aryl methyl sites for hydroxylation is 1. The van der Waals surface area contributed by atoms with Gasteiger partial charge in [-0.25, -0.2) is 9.37 Å². The van der Waals surface area contributed by atoms with E-state index in [0.717, 1.165) is 5.56 Å². The molecule has 17 heavy (non-hydrogen) atoms. The van der Waals surface area contributed by atoms with Crippen molar-refractivity contribution >= 4 is 17.3 Å². The summed E-state index contributed by atoms with van der Waals surface area (Å²) >= 11 is 5.84. The maximum Gasteiger partial charge on any atom is 0.242 e. The second-order valence-corrected chi connectivity index (χ2v) is 3.93. The summed E-state index contributed by atoms with van der Waals surface area (Å²) in [5.41, 5.74) is 7.10. The summed E-state index contributed by atoms with van der Waals surface area (Å²) in [6, 6.07) is 5.63. The second kappa shape index (κ2) is 4.59. The van der Waals surface area contributed by atoms with E-state index in [1.54, 1.807) is 12.3 Å². The van der Waals surface area contributed by atoms with Crippen molar-refractivity contribution in [3.63, 3.8) is 0 Å². The molecular weight excluding hydrogens is 243 g/mol. The lowest BCUT2D eigenvalue weighted by molar-refractivity contribution is 0.464. The number of benzene rings is 1. The molecule has 0 atom stereocenters. The van der Waals surface area contributed by atoms with Gasteiger partial charge in [-0.15, -0.1) is 0 Å². The number of nitrogens with zero attached hydrogens (tertiary/aromatic N) is 1. The van der Waals surface area contributed by atoms with E-state index in [1.165, 1.54) is 18.2 Å². The molecule has 88 valence electrons. The van der Waals surface area contributed by atoms with Gasteiger partial charge < -0.3 is 10.5 Å². The average Bonchev–Trinajstić information content (AvgIpc) is 2.28. The van der Waals surface area contributed by atoms with Crippen molar-refractivity contribution < 1.29 is 9.13 Å². The number of hydrogen-bond acceptors (Lipinski definition) is 3. The van der Waals surface area contributed by atoms with Crippen LogP contribution in [0.2, 0.25) is 5.02 Å². The molecule has 2 N–H and O–H groups in total. The Hall–Kier alpha value is -1.81. The van der Waals surface area contributed by atoms with Crippen molar-refractivity contribution in [1.82, 2.24) is 4.98 Å². The van der Waals surface area contributed by atoms with Gasteiger partial charge >= 0.3 is 0 Å². The van der Waals surface area contributed by atoms with E-state index in [2.05, 4.69) is 4.98 Å². The van der Waals surface area contributed by atoms with Crippen LogP contribution >= 0.6 is 11.6 Å². The summed E-state index contributed by atoms with van der Waals surface area (Å²) in [4.78, 5) is 4.00. The Labute approximate surface area is 103 Å². The molecule has 5 heteroatoms. The van der Waals surface area contributed by atoms with Crippen LogP contribution in [0.15, 0.2) is 30.5 Å². The van der Waals surface area contributed by atoms with Crippen LogP contribution in [0.3, 0.4) is 0 Å². The van der Waals surface area contributed by atoms with Crippen molar-refractivity contribution in [2.45, 2.75) is 6.92 Å². The SMILES string of the molecule is Cc1ccnc(Oc2ccc(F)cc2Cl)c1N. The summed E-state index contributed by atoms with van der Waals surface area (Å²) in [5, 5.41) is 0.174. The Kier molecular flexibility index (Phi) is 3.15. The van der Waals surface area contributed by atoms with Gasteiger partial charge in [-0.2, -0.15) is 0 Å². The van der Waals surface area contributed by atoms with Gasteiger partial charge in [-0.1, -0.05) is 11.6 Å². The number of anilines is 1. The third-order valence-electron chi connectivity index (χ3n) is 2.27. The number of nitrogens with two attached hydrogens (primary N) is 1. The van der Waals surface area contributed by atoms with Crippen molar-refractivity contribution in [2.75, 3.05) is 5.73 Å². The van der Waals surface area contributed by atoms with Gasteiger partial charge in [0.05, 0.1) is 10.7 Å². The predicted molar refractivity (Wildman–Crippen MR) is 64.9 cm³/mol. The molecule has 0 spiro atoms. The van der Waals surface area contributed by atoms with E-state index in [-0.39, 0.29) is 10.9 Å². The molecule has 0 bridgehead atoms. The number of rotatable bonds is 2. The van der Waals surface area contributed by atoms with E-state index in [0.29, 0.717) is 11.4 Å². The molecule has 2 rings (SSSR count). The zero-order valence-electron chi connectivity index (χ0n) is 9.08. The molecular formula is C12H10ClFN2O. The molecule has 2 aromatic rings. The third kappa shape index (κ3) is 2.47. The Morgan fingerprint density at radius 2 is 2.12 bits per heavy atom. The minimum Gasteiger partial charge on any atom is -0.435 e. The lowest BCUT2D eigenvalue weighted by Gasteiger charge is -2.09. The zero-order valence-corrected chi connectivity index (χ0v) is 9.83. The minimum atomic E-state index is -0.424. The summed E-state index contributed by atoms with van der Waals surface area (Å²) in [7, 11) is 0. The molecule has 0 aliphatic rings. The zero-order chi connectivity index (χ0) is 12.4. The average molecular weight is 253 g/mol. The molecule has 0 aliphatic carbocycles. The minimum absolute atomic E-state index is 0.174. The van der Waals surface area contributed by atoms with Gasteiger partial charge in [-0.3, -0.25) is 0 Å². The van der Waals surface area contributed by atoms with Crippen molar-refractivity contribution in [3.8, 4) is 11.6 Å². The number of aromatic nitrogens is 1. The highest BCUT2D eigenvalue weighted by atomic mass is 35.5. The van der Waals surface area contributed by atoms with Gasteiger partial charge in [0.25, 0.3) is 0 Å². The van der Waals surface area contributed by atoms with Gasteiger partial charge in [-0.05, 0) is 36.8 Å². The van der Waals surface area contributed by atoms with Crippen LogP contribution in [0, 0.1) is 12.7 Å². The van der Waals surface area contributed by atoms with Crippen LogP contribution < -0.4 is 10.5 Å². The molecule has 0 amide bonds. The van der Waals surface area contributed by atoms with Crippen LogP contribution in [-0.2, 0) is 0 Å². The number of nitrogen functional groups attached to an aromatic ring is 1. The maximum absolute atomic E-state index is 12.8. The van der Waals surface area contributed by atoms with Crippen molar-refractivity contribution in [2.24, 2.45) is 0 Å². The van der Waals surface area contributed by atoms with E-state index < -0.39 is 5.82 Å². The van der Waals surface area contributed by atoms with E-state index in [9.17, 15) is 4.39 Å². The highest BCUT2D eigenvalue weighted by Crippen LogP contribution is 2.32. The largest absolute Gasteiger partial charge is 0.435 e. The molecule has 0 unspecified atom stereocenters. The van der Waals surface area contributed by atoms with E-state index in [1.807, 2.05) is 6.92 Å². The second-order valence-electron chi connectivity index (χ2n) is 3.52. The normalized spacial score (nSPS) is 10.3.